The van der Waals surface area contributed by atoms with Crippen LogP contribution in [0.5, 0.6) is 0 Å². The molecule has 0 amide bonds. The van der Waals surface area contributed by atoms with E-state index in [2.05, 4.69) is 59.4 Å². The van der Waals surface area contributed by atoms with E-state index in [1.807, 2.05) is 18.3 Å². The zero-order valence-electron chi connectivity index (χ0n) is 14.6. The molecule has 0 aliphatic carbocycles. The van der Waals surface area contributed by atoms with Crippen LogP contribution in [0.2, 0.25) is 0 Å². The molecule has 0 spiro atoms. The van der Waals surface area contributed by atoms with Crippen molar-refractivity contribution < 1.29 is 4.74 Å². The van der Waals surface area contributed by atoms with E-state index < -0.39 is 0 Å². The minimum atomic E-state index is 0.309. The van der Waals surface area contributed by atoms with Crippen LogP contribution in [0.25, 0.3) is 0 Å². The number of benzene rings is 1. The van der Waals surface area contributed by atoms with Gasteiger partial charge in [0.1, 0.15) is 0 Å². The maximum atomic E-state index is 5.84. The molecule has 2 aromatic rings. The molecule has 2 atom stereocenters. The summed E-state index contributed by atoms with van der Waals surface area (Å²) in [5.74, 6) is 0. The van der Waals surface area contributed by atoms with Crippen molar-refractivity contribution in [2.24, 2.45) is 0 Å². The smallest absolute Gasteiger partial charge is 0.0678 e. The van der Waals surface area contributed by atoms with Gasteiger partial charge in [-0.2, -0.15) is 0 Å². The Balaban J connectivity index is 1.58. The van der Waals surface area contributed by atoms with Crippen LogP contribution in [0, 0.1) is 0 Å². The first-order valence-corrected chi connectivity index (χ1v) is 8.76. The zero-order chi connectivity index (χ0) is 16.8. The van der Waals surface area contributed by atoms with Crippen molar-refractivity contribution in [1.29, 1.82) is 0 Å². The summed E-state index contributed by atoms with van der Waals surface area (Å²) in [6.07, 6.45) is 2.46. The van der Waals surface area contributed by atoms with E-state index in [0.29, 0.717) is 12.2 Å². The van der Waals surface area contributed by atoms with Crippen LogP contribution in [0.3, 0.4) is 0 Å². The van der Waals surface area contributed by atoms with E-state index in [4.69, 9.17) is 4.74 Å². The van der Waals surface area contributed by atoms with Crippen LogP contribution >= 0.6 is 0 Å². The van der Waals surface area contributed by atoms with Crippen molar-refractivity contribution in [3.05, 3.63) is 65.5 Å². The van der Waals surface area contributed by atoms with Crippen molar-refractivity contribution in [3.8, 4) is 0 Å². The average molecular weight is 325 g/mol. The molecule has 0 unspecified atom stereocenters. The molecule has 24 heavy (non-hydrogen) atoms. The van der Waals surface area contributed by atoms with Crippen molar-refractivity contribution in [2.45, 2.75) is 45.7 Å². The Morgan fingerprint density at radius 3 is 2.42 bits per heavy atom. The molecule has 4 heteroatoms. The summed E-state index contributed by atoms with van der Waals surface area (Å²) >= 11 is 0. The van der Waals surface area contributed by atoms with E-state index >= 15 is 0 Å². The average Bonchev–Trinajstić information content (AvgIpc) is 2.56. The molecular weight excluding hydrogens is 298 g/mol. The second-order valence-electron chi connectivity index (χ2n) is 6.64. The molecule has 1 N–H and O–H groups in total. The highest BCUT2D eigenvalue weighted by molar-refractivity contribution is 5.27. The monoisotopic (exact) mass is 325 g/mol. The van der Waals surface area contributed by atoms with Gasteiger partial charge in [-0.05, 0) is 37.1 Å². The maximum Gasteiger partial charge on any atom is 0.0678 e. The molecule has 0 saturated carbocycles. The summed E-state index contributed by atoms with van der Waals surface area (Å²) in [7, 11) is 0. The van der Waals surface area contributed by atoms with Gasteiger partial charge in [0.25, 0.3) is 0 Å². The van der Waals surface area contributed by atoms with Crippen molar-refractivity contribution in [2.75, 3.05) is 13.1 Å². The second-order valence-corrected chi connectivity index (χ2v) is 6.64. The van der Waals surface area contributed by atoms with Crippen LogP contribution in [-0.4, -0.2) is 35.2 Å². The predicted octanol–water partition coefficient (Wildman–Crippen LogP) is 2.98. The van der Waals surface area contributed by atoms with Gasteiger partial charge in [-0.15, -0.1) is 0 Å². The van der Waals surface area contributed by atoms with Gasteiger partial charge in [-0.3, -0.25) is 9.88 Å². The minimum absolute atomic E-state index is 0.309. The van der Waals surface area contributed by atoms with Gasteiger partial charge in [0.2, 0.25) is 0 Å². The van der Waals surface area contributed by atoms with Crippen molar-refractivity contribution >= 4 is 0 Å². The normalized spacial score (nSPS) is 21.8. The van der Waals surface area contributed by atoms with Crippen LogP contribution in [0.1, 0.15) is 30.7 Å². The topological polar surface area (TPSA) is 37.4 Å². The predicted molar refractivity (Wildman–Crippen MR) is 96.5 cm³/mol. The van der Waals surface area contributed by atoms with Crippen molar-refractivity contribution in [3.63, 3.8) is 0 Å². The number of aromatic nitrogens is 1. The Labute approximate surface area is 144 Å². The van der Waals surface area contributed by atoms with E-state index in [-0.39, 0.29) is 0 Å². The first-order chi connectivity index (χ1) is 11.7. The van der Waals surface area contributed by atoms with Crippen LogP contribution in [0.15, 0.2) is 48.7 Å². The highest BCUT2D eigenvalue weighted by atomic mass is 16.5. The third-order valence-electron chi connectivity index (χ3n) is 4.36. The lowest BCUT2D eigenvalue weighted by molar-refractivity contribution is -0.0705. The first-order valence-electron chi connectivity index (χ1n) is 8.76. The van der Waals surface area contributed by atoms with Gasteiger partial charge in [-0.1, -0.05) is 30.3 Å². The van der Waals surface area contributed by atoms with E-state index in [0.717, 1.165) is 38.4 Å². The maximum absolute atomic E-state index is 5.84. The Morgan fingerprint density at radius 2 is 1.71 bits per heavy atom. The number of hydrogen-bond acceptors (Lipinski definition) is 4. The van der Waals surface area contributed by atoms with Crippen LogP contribution < -0.4 is 5.32 Å². The summed E-state index contributed by atoms with van der Waals surface area (Å²) in [5.41, 5.74) is 3.83. The SMILES string of the molecule is C[C@@H]1CN(Cc2ccccc2CNCc2ccccn2)C[C@@H](C)O1. The Morgan fingerprint density at radius 1 is 1.00 bits per heavy atom. The standard InChI is InChI=1S/C20H27N3O/c1-16-13-23(14-17(2)24-16)15-19-8-4-3-7-18(19)11-21-12-20-9-5-6-10-22-20/h3-10,16-17,21H,11-15H2,1-2H3/t16-,17-/m1/s1. The number of rotatable bonds is 6. The van der Waals surface area contributed by atoms with Gasteiger partial charge in [0.15, 0.2) is 0 Å². The number of nitrogens with one attached hydrogen (secondary N) is 1. The van der Waals surface area contributed by atoms with Gasteiger partial charge >= 0.3 is 0 Å². The number of morpholine rings is 1. The Hall–Kier alpha value is -1.75. The fourth-order valence-electron chi connectivity index (χ4n) is 3.37. The molecule has 4 nitrogen and oxygen atoms in total. The summed E-state index contributed by atoms with van der Waals surface area (Å²) in [4.78, 5) is 6.85. The molecule has 128 valence electrons. The van der Waals surface area contributed by atoms with E-state index in [1.165, 1.54) is 11.1 Å². The molecule has 1 fully saturated rings. The number of hydrogen-bond donors (Lipinski definition) is 1. The van der Waals surface area contributed by atoms with Gasteiger partial charge < -0.3 is 10.1 Å². The highest BCUT2D eigenvalue weighted by Gasteiger charge is 2.22. The van der Waals surface area contributed by atoms with Gasteiger partial charge in [-0.25, -0.2) is 0 Å². The number of nitrogens with zero attached hydrogens (tertiary/aromatic N) is 2. The summed E-state index contributed by atoms with van der Waals surface area (Å²) in [6.45, 7) is 8.95. The quantitative estimate of drug-likeness (QED) is 0.886. The lowest BCUT2D eigenvalue weighted by Gasteiger charge is -2.35. The highest BCUT2D eigenvalue weighted by Crippen LogP contribution is 2.17. The van der Waals surface area contributed by atoms with Crippen LogP contribution in [-0.2, 0) is 24.4 Å². The van der Waals surface area contributed by atoms with E-state index in [9.17, 15) is 0 Å². The fraction of sp³-hybridized carbons (Fsp3) is 0.450. The molecule has 0 radical (unpaired) electrons. The largest absolute Gasteiger partial charge is 0.373 e. The second kappa shape index (κ2) is 8.38. The van der Waals surface area contributed by atoms with Gasteiger partial charge in [0, 0.05) is 38.9 Å². The Kier molecular flexibility index (Phi) is 5.96. The lowest BCUT2D eigenvalue weighted by Crippen LogP contribution is -2.45. The minimum Gasteiger partial charge on any atom is -0.373 e. The summed E-state index contributed by atoms with van der Waals surface area (Å²) in [5, 5.41) is 3.51. The Bertz CT molecular complexity index is 622. The third kappa shape index (κ3) is 4.87. The number of pyridine rings is 1. The molecule has 3 rings (SSSR count). The van der Waals surface area contributed by atoms with Crippen molar-refractivity contribution in [1.82, 2.24) is 15.2 Å². The molecule has 0 bridgehead atoms. The molecule has 1 saturated heterocycles. The summed E-state index contributed by atoms with van der Waals surface area (Å²) < 4.78 is 5.84. The van der Waals surface area contributed by atoms with Gasteiger partial charge in [0.05, 0.1) is 17.9 Å². The summed E-state index contributed by atoms with van der Waals surface area (Å²) in [6, 6.07) is 14.7. The van der Waals surface area contributed by atoms with E-state index in [1.54, 1.807) is 0 Å². The molecule has 1 aliphatic rings. The number of ether oxygens (including phenoxy) is 1. The molecule has 1 aliphatic heterocycles. The lowest BCUT2D eigenvalue weighted by atomic mass is 10.1. The molecule has 1 aromatic carbocycles. The molecular formula is C20H27N3O. The zero-order valence-corrected chi connectivity index (χ0v) is 14.6. The first kappa shape index (κ1) is 17.1. The van der Waals surface area contributed by atoms with Crippen LogP contribution in [0.4, 0.5) is 0 Å². The third-order valence-corrected chi connectivity index (χ3v) is 4.36. The molecule has 1 aromatic heterocycles. The fourth-order valence-corrected chi connectivity index (χ4v) is 3.37. The molecule has 2 heterocycles.